The lowest BCUT2D eigenvalue weighted by atomic mass is 9.77. The summed E-state index contributed by atoms with van der Waals surface area (Å²) in [6.45, 7) is 4.29. The molecule has 1 aromatic heterocycles. The van der Waals surface area contributed by atoms with Gasteiger partial charge in [0.2, 0.25) is 5.88 Å². The molecule has 1 aromatic carbocycles. The highest BCUT2D eigenvalue weighted by Crippen LogP contribution is 2.40. The van der Waals surface area contributed by atoms with Crippen molar-refractivity contribution in [2.24, 2.45) is 10.9 Å². The Labute approximate surface area is 165 Å². The van der Waals surface area contributed by atoms with E-state index in [0.29, 0.717) is 35.8 Å². The predicted molar refractivity (Wildman–Crippen MR) is 110 cm³/mol. The van der Waals surface area contributed by atoms with E-state index < -0.39 is 5.60 Å². The van der Waals surface area contributed by atoms with Crippen LogP contribution in [0.3, 0.4) is 0 Å². The average Bonchev–Trinajstić information content (AvgIpc) is 2.68. The van der Waals surface area contributed by atoms with Crippen LogP contribution < -0.4 is 10.5 Å². The molecule has 4 rings (SSSR count). The maximum absolute atomic E-state index is 9.14. The van der Waals surface area contributed by atoms with Gasteiger partial charge in [-0.25, -0.2) is 9.98 Å². The van der Waals surface area contributed by atoms with Crippen molar-refractivity contribution in [1.29, 1.82) is 0 Å². The van der Waals surface area contributed by atoms with Crippen LogP contribution in [-0.2, 0) is 0 Å². The maximum Gasteiger partial charge on any atom is 0.246 e. The van der Waals surface area contributed by atoms with Crippen LogP contribution in [0, 0.1) is 5.92 Å². The summed E-state index contributed by atoms with van der Waals surface area (Å²) in [7, 11) is 0. The van der Waals surface area contributed by atoms with E-state index in [9.17, 15) is 0 Å². The first-order valence-corrected chi connectivity index (χ1v) is 10.1. The van der Waals surface area contributed by atoms with Crippen molar-refractivity contribution in [3.63, 3.8) is 0 Å². The van der Waals surface area contributed by atoms with Crippen molar-refractivity contribution in [2.75, 3.05) is 12.3 Å². The zero-order valence-electron chi connectivity index (χ0n) is 16.6. The summed E-state index contributed by atoms with van der Waals surface area (Å²) in [5.41, 5.74) is 9.11. The third kappa shape index (κ3) is 3.61. The maximum atomic E-state index is 9.14. The molecule has 28 heavy (non-hydrogen) atoms. The molecule has 1 saturated carbocycles. The lowest BCUT2D eigenvalue weighted by molar-refractivity contribution is 0.171. The second-order valence-electron chi connectivity index (χ2n) is 8.34. The molecular formula is C22H28N4O2. The van der Waals surface area contributed by atoms with Crippen molar-refractivity contribution >= 4 is 17.2 Å². The number of nitrogens with zero attached hydrogens (tertiary/aromatic N) is 3. The molecule has 0 unspecified atom stereocenters. The molecule has 0 atom stereocenters. The first kappa shape index (κ1) is 18.9. The van der Waals surface area contributed by atoms with Gasteiger partial charge < -0.3 is 15.6 Å². The largest absolute Gasteiger partial charge is 0.463 e. The predicted octanol–water partition coefficient (Wildman–Crippen LogP) is 4.01. The third-order valence-electron chi connectivity index (χ3n) is 6.00. The quantitative estimate of drug-likeness (QED) is 0.836. The van der Waals surface area contributed by atoms with Crippen LogP contribution in [-0.4, -0.2) is 33.0 Å². The molecule has 0 amide bonds. The van der Waals surface area contributed by atoms with E-state index in [-0.39, 0.29) is 0 Å². The van der Waals surface area contributed by atoms with Crippen LogP contribution >= 0.6 is 0 Å². The van der Waals surface area contributed by atoms with E-state index in [1.807, 2.05) is 13.8 Å². The molecule has 3 N–H and O–H groups in total. The van der Waals surface area contributed by atoms with E-state index in [4.69, 9.17) is 20.6 Å². The molecule has 0 bridgehead atoms. The van der Waals surface area contributed by atoms with Gasteiger partial charge in [0.25, 0.3) is 0 Å². The van der Waals surface area contributed by atoms with Gasteiger partial charge in [0.1, 0.15) is 11.9 Å². The Kier molecular flexibility index (Phi) is 5.06. The van der Waals surface area contributed by atoms with Gasteiger partial charge in [0, 0.05) is 12.2 Å². The van der Waals surface area contributed by atoms with Gasteiger partial charge in [-0.2, -0.15) is 4.98 Å². The van der Waals surface area contributed by atoms with Gasteiger partial charge in [-0.1, -0.05) is 24.3 Å². The van der Waals surface area contributed by atoms with Crippen LogP contribution in [0.15, 0.2) is 35.6 Å². The van der Waals surface area contributed by atoms with Gasteiger partial charge in [-0.3, -0.25) is 0 Å². The minimum atomic E-state index is -0.600. The number of aromatic nitrogens is 2. The Balaban J connectivity index is 1.56. The number of ether oxygens (including phenoxy) is 1. The van der Waals surface area contributed by atoms with Gasteiger partial charge >= 0.3 is 0 Å². The minimum absolute atomic E-state index is 0.308. The summed E-state index contributed by atoms with van der Waals surface area (Å²) in [5, 5.41) is 9.14. The minimum Gasteiger partial charge on any atom is -0.463 e. The number of nitrogens with two attached hydrogens (primary N) is 1. The summed E-state index contributed by atoms with van der Waals surface area (Å²) < 4.78 is 6.07. The Bertz CT molecular complexity index is 869. The van der Waals surface area contributed by atoms with Gasteiger partial charge in [-0.05, 0) is 63.4 Å². The van der Waals surface area contributed by atoms with E-state index in [1.165, 1.54) is 37.6 Å². The Morgan fingerprint density at radius 1 is 1.11 bits per heavy atom. The smallest absolute Gasteiger partial charge is 0.246 e. The molecule has 1 aliphatic heterocycles. The molecule has 6 heteroatoms. The van der Waals surface area contributed by atoms with Gasteiger partial charge in [-0.15, -0.1) is 0 Å². The van der Waals surface area contributed by atoms with Crippen LogP contribution in [0.1, 0.15) is 63.0 Å². The van der Waals surface area contributed by atoms with Crippen LogP contribution in [0.25, 0.3) is 0 Å². The monoisotopic (exact) mass is 380 g/mol. The Morgan fingerprint density at radius 3 is 2.50 bits per heavy atom. The SMILES string of the molecule is CC1(C)Oc2ncnc(N)c2N=C1c1ccc([C@H]2CC[C@H](CCO)CC2)cc1. The molecule has 2 heterocycles. The number of aliphatic hydroxyl groups is 1. The highest BCUT2D eigenvalue weighted by Gasteiger charge is 2.35. The summed E-state index contributed by atoms with van der Waals surface area (Å²) >= 11 is 0. The van der Waals surface area contributed by atoms with E-state index in [2.05, 4.69) is 34.2 Å². The highest BCUT2D eigenvalue weighted by atomic mass is 16.5. The topological polar surface area (TPSA) is 93.6 Å². The number of hydrogen-bond acceptors (Lipinski definition) is 6. The second-order valence-corrected chi connectivity index (χ2v) is 8.34. The first-order valence-electron chi connectivity index (χ1n) is 10.1. The fourth-order valence-corrected chi connectivity index (χ4v) is 4.38. The Morgan fingerprint density at radius 2 is 1.82 bits per heavy atom. The number of nitrogen functional groups attached to an aromatic ring is 1. The van der Waals surface area contributed by atoms with Crippen LogP contribution in [0.5, 0.6) is 5.88 Å². The molecule has 0 saturated heterocycles. The number of aliphatic hydroxyl groups excluding tert-OH is 1. The fraction of sp³-hybridized carbons (Fsp3) is 0.500. The molecule has 0 spiro atoms. The molecule has 1 fully saturated rings. The fourth-order valence-electron chi connectivity index (χ4n) is 4.38. The first-order chi connectivity index (χ1) is 13.5. The molecular weight excluding hydrogens is 352 g/mol. The summed E-state index contributed by atoms with van der Waals surface area (Å²) in [5.74, 6) is 2.04. The van der Waals surface area contributed by atoms with Gasteiger partial charge in [0.05, 0.1) is 5.71 Å². The molecule has 1 aliphatic carbocycles. The van der Waals surface area contributed by atoms with Crippen molar-refractivity contribution in [2.45, 2.75) is 57.5 Å². The number of rotatable bonds is 4. The van der Waals surface area contributed by atoms with Gasteiger partial charge in [0.15, 0.2) is 11.5 Å². The summed E-state index contributed by atoms with van der Waals surface area (Å²) in [4.78, 5) is 12.9. The molecule has 2 aliphatic rings. The van der Waals surface area contributed by atoms with Crippen molar-refractivity contribution in [3.8, 4) is 5.88 Å². The van der Waals surface area contributed by atoms with Crippen LogP contribution in [0.2, 0.25) is 0 Å². The van der Waals surface area contributed by atoms with Crippen LogP contribution in [0.4, 0.5) is 11.5 Å². The highest BCUT2D eigenvalue weighted by molar-refractivity contribution is 6.09. The molecule has 0 radical (unpaired) electrons. The number of aliphatic imine (C=N–C) groups is 1. The van der Waals surface area contributed by atoms with Crippen molar-refractivity contribution < 1.29 is 9.84 Å². The summed E-state index contributed by atoms with van der Waals surface area (Å²) in [6, 6.07) is 8.69. The lowest BCUT2D eigenvalue weighted by Crippen LogP contribution is -2.41. The van der Waals surface area contributed by atoms with Crippen molar-refractivity contribution in [3.05, 3.63) is 41.7 Å². The van der Waals surface area contributed by atoms with Crippen molar-refractivity contribution in [1.82, 2.24) is 9.97 Å². The average molecular weight is 380 g/mol. The lowest BCUT2D eigenvalue weighted by Gasteiger charge is -2.32. The molecule has 2 aromatic rings. The number of anilines is 1. The summed E-state index contributed by atoms with van der Waals surface area (Å²) in [6.07, 6.45) is 7.14. The van der Waals surface area contributed by atoms with E-state index >= 15 is 0 Å². The zero-order valence-corrected chi connectivity index (χ0v) is 16.6. The molecule has 148 valence electrons. The third-order valence-corrected chi connectivity index (χ3v) is 6.00. The Hall–Kier alpha value is -2.47. The molecule has 6 nitrogen and oxygen atoms in total. The second kappa shape index (κ2) is 7.51. The standard InChI is InChI=1S/C22H28N4O2/c1-22(2)19(26-18-20(23)24-13-25-21(18)28-22)17-9-7-16(8-10-17)15-5-3-14(4-6-15)11-12-27/h7-10,13-15,27H,3-6,11-12H2,1-2H3,(H2,23,24,25)/t14-,15-. The zero-order chi connectivity index (χ0) is 19.7. The number of fused-ring (bicyclic) bond motifs is 1. The number of hydrogen-bond donors (Lipinski definition) is 2. The van der Waals surface area contributed by atoms with E-state index in [0.717, 1.165) is 17.7 Å². The number of benzene rings is 1. The normalized spacial score (nSPS) is 23.5. The van der Waals surface area contributed by atoms with E-state index in [1.54, 1.807) is 0 Å².